The molecule has 0 saturated heterocycles. The molecule has 17 heavy (non-hydrogen) atoms. The summed E-state index contributed by atoms with van der Waals surface area (Å²) in [5.74, 6) is -23.9. The smallest absolute Gasteiger partial charge is 0.192 e. The quantitative estimate of drug-likeness (QED) is 0.453. The topological polar surface area (TPSA) is 0 Å². The molecular weight excluding hydrogens is 321 g/mol. The third-order valence-corrected chi connectivity index (χ3v) is 1.58. The molecule has 0 bridgehead atoms. The van der Waals surface area contributed by atoms with Gasteiger partial charge in [-0.1, -0.05) is 0 Å². The Morgan fingerprint density at radius 3 is 0.647 bits per heavy atom. The molecule has 1 saturated carbocycles. The van der Waals surface area contributed by atoms with Crippen molar-refractivity contribution in [2.75, 3.05) is 0 Å². The molecule has 0 aromatic carbocycles. The summed E-state index contributed by atoms with van der Waals surface area (Å²) in [6.45, 7) is 0. The van der Waals surface area contributed by atoms with Gasteiger partial charge in [0.1, 0.15) is 0 Å². The fourth-order valence-electron chi connectivity index (χ4n) is 0.726. The summed E-state index contributed by atoms with van der Waals surface area (Å²) in [4.78, 5) is -3.56. The summed E-state index contributed by atoms with van der Waals surface area (Å²) < 4.78 is 114. The van der Waals surface area contributed by atoms with Crippen molar-refractivity contribution < 1.29 is 43.9 Å². The molecule has 0 aromatic heterocycles. The van der Waals surface area contributed by atoms with Crippen molar-refractivity contribution >= 4 is 23.2 Å². The van der Waals surface area contributed by atoms with E-state index in [2.05, 4.69) is 23.2 Å². The van der Waals surface area contributed by atoms with E-state index in [1.54, 1.807) is 0 Å². The number of halogens is 12. The molecular formula is C5Cl2F10. The van der Waals surface area contributed by atoms with Gasteiger partial charge in [0.2, 0.25) is 0 Å². The number of rotatable bonds is 0. The fraction of sp³-hybridized carbons (Fsp3) is 1.00. The lowest BCUT2D eigenvalue weighted by atomic mass is 9.80. The molecule has 0 nitrogen and oxygen atoms in total. The zero-order chi connectivity index (χ0) is 14.5. The van der Waals surface area contributed by atoms with Gasteiger partial charge in [-0.25, -0.2) is 0 Å². The van der Waals surface area contributed by atoms with Crippen LogP contribution in [0.5, 0.6) is 0 Å². The third-order valence-electron chi connectivity index (χ3n) is 1.58. The van der Waals surface area contributed by atoms with E-state index < -0.39 is 28.5 Å². The van der Waals surface area contributed by atoms with Crippen molar-refractivity contribution in [3.05, 3.63) is 0 Å². The highest BCUT2D eigenvalue weighted by atomic mass is 35.5. The van der Waals surface area contributed by atoms with Gasteiger partial charge in [-0.15, -0.1) is 0 Å². The Morgan fingerprint density at radius 2 is 0.588 bits per heavy atom. The third kappa shape index (κ3) is 2.38. The maximum Gasteiger partial charge on any atom is 0.401 e. The Hall–Kier alpha value is -0.120. The van der Waals surface area contributed by atoms with E-state index in [9.17, 15) is 43.9 Å². The van der Waals surface area contributed by atoms with Crippen LogP contribution in [0.4, 0.5) is 43.9 Å². The first kappa shape index (κ1) is 16.9. The molecule has 0 aromatic rings. The van der Waals surface area contributed by atoms with E-state index in [1.165, 1.54) is 0 Å². The average Bonchev–Trinajstić information content (AvgIpc) is 1.98. The van der Waals surface area contributed by atoms with Crippen LogP contribution in [0, 0.1) is 0 Å². The summed E-state index contributed by atoms with van der Waals surface area (Å²) in [5.41, 5.74) is 0. The van der Waals surface area contributed by atoms with Crippen molar-refractivity contribution in [1.29, 1.82) is 0 Å². The minimum Gasteiger partial charge on any atom is -0.192 e. The van der Waals surface area contributed by atoms with Crippen molar-refractivity contribution in [2.45, 2.75) is 28.5 Å². The lowest BCUT2D eigenvalue weighted by Crippen LogP contribution is -2.82. The normalized spacial score (nSPS) is 27.5. The molecule has 0 aliphatic heterocycles. The van der Waals surface area contributed by atoms with E-state index in [0.717, 1.165) is 0 Å². The number of hydrogen-bond donors (Lipinski definition) is 0. The summed E-state index contributed by atoms with van der Waals surface area (Å²) >= 11 is 7.92. The van der Waals surface area contributed by atoms with Crippen LogP contribution in [0.15, 0.2) is 0 Å². The first-order chi connectivity index (χ1) is 7.00. The molecule has 0 atom stereocenters. The second-order valence-electron chi connectivity index (χ2n) is 2.73. The monoisotopic (exact) mass is 320 g/mol. The van der Waals surface area contributed by atoms with Crippen molar-refractivity contribution in [1.82, 2.24) is 0 Å². The number of hydrogen-bond acceptors (Lipinski definition) is 0. The molecule has 0 radical (unpaired) electrons. The van der Waals surface area contributed by atoms with Gasteiger partial charge < -0.3 is 0 Å². The van der Waals surface area contributed by atoms with Crippen LogP contribution in [0.1, 0.15) is 0 Å². The zero-order valence-corrected chi connectivity index (χ0v) is 8.55. The van der Waals surface area contributed by atoms with Crippen LogP contribution in [-0.2, 0) is 0 Å². The van der Waals surface area contributed by atoms with E-state index in [0.29, 0.717) is 0 Å². The minimum absolute atomic E-state index is 3.56. The van der Waals surface area contributed by atoms with Crippen LogP contribution in [0.25, 0.3) is 0 Å². The van der Waals surface area contributed by atoms with Gasteiger partial charge in [-0.3, -0.25) is 0 Å². The van der Waals surface area contributed by atoms with Crippen LogP contribution >= 0.6 is 23.2 Å². The van der Waals surface area contributed by atoms with Gasteiger partial charge in [0.05, 0.1) is 0 Å². The highest BCUT2D eigenvalue weighted by molar-refractivity contribution is 6.45. The molecule has 1 rings (SSSR count). The van der Waals surface area contributed by atoms with E-state index in [1.807, 2.05) is 0 Å². The highest BCUT2D eigenvalue weighted by Crippen LogP contribution is 2.69. The van der Waals surface area contributed by atoms with Crippen LogP contribution in [-0.4, -0.2) is 28.5 Å². The standard InChI is InChI=1S/C4F8.CCl2F2/c5-1(6)2(7,8)4(11,12)3(1,9)10;2-1(3,4)5. The van der Waals surface area contributed by atoms with Crippen LogP contribution in [0.3, 0.4) is 0 Å². The van der Waals surface area contributed by atoms with E-state index in [-0.39, 0.29) is 0 Å². The molecule has 0 unspecified atom stereocenters. The molecule has 1 fully saturated rings. The Morgan fingerprint density at radius 1 is 0.529 bits per heavy atom. The average molecular weight is 321 g/mol. The lowest BCUT2D eigenvalue weighted by Gasteiger charge is -2.49. The maximum absolute atomic E-state index is 11.6. The zero-order valence-electron chi connectivity index (χ0n) is 7.04. The highest BCUT2D eigenvalue weighted by Gasteiger charge is 3.01. The Labute approximate surface area is 96.5 Å². The predicted molar refractivity (Wildman–Crippen MR) is 36.4 cm³/mol. The van der Waals surface area contributed by atoms with Gasteiger partial charge in [0, 0.05) is 0 Å². The van der Waals surface area contributed by atoms with Gasteiger partial charge in [0.25, 0.3) is 0 Å². The van der Waals surface area contributed by atoms with Crippen molar-refractivity contribution in [3.63, 3.8) is 0 Å². The summed E-state index contributed by atoms with van der Waals surface area (Å²) in [6.07, 6.45) is 0. The summed E-state index contributed by atoms with van der Waals surface area (Å²) in [5, 5.41) is 0. The molecule has 104 valence electrons. The van der Waals surface area contributed by atoms with Crippen molar-refractivity contribution in [3.8, 4) is 0 Å². The van der Waals surface area contributed by atoms with Crippen LogP contribution < -0.4 is 0 Å². The summed E-state index contributed by atoms with van der Waals surface area (Å²) in [7, 11) is 0. The first-order valence-corrected chi connectivity index (χ1v) is 4.02. The van der Waals surface area contributed by atoms with Crippen LogP contribution in [0.2, 0.25) is 0 Å². The van der Waals surface area contributed by atoms with Gasteiger partial charge in [0.15, 0.2) is 0 Å². The fourth-order valence-corrected chi connectivity index (χ4v) is 0.726. The molecule has 1 aliphatic rings. The molecule has 12 heteroatoms. The largest absolute Gasteiger partial charge is 0.401 e. The van der Waals surface area contributed by atoms with Gasteiger partial charge >= 0.3 is 28.5 Å². The molecule has 0 N–H and O–H groups in total. The molecule has 1 aliphatic carbocycles. The Kier molecular flexibility index (Phi) is 3.91. The van der Waals surface area contributed by atoms with Gasteiger partial charge in [-0.05, 0) is 23.2 Å². The van der Waals surface area contributed by atoms with Crippen molar-refractivity contribution in [2.24, 2.45) is 0 Å². The van der Waals surface area contributed by atoms with E-state index in [4.69, 9.17) is 0 Å². The Balaban J connectivity index is 0.000000437. The lowest BCUT2D eigenvalue weighted by molar-refractivity contribution is -0.506. The number of alkyl halides is 12. The molecule has 0 heterocycles. The summed E-state index contributed by atoms with van der Waals surface area (Å²) in [6, 6.07) is 0. The van der Waals surface area contributed by atoms with E-state index >= 15 is 0 Å². The van der Waals surface area contributed by atoms with Gasteiger partial charge in [-0.2, -0.15) is 43.9 Å². The second kappa shape index (κ2) is 3.94. The molecule has 0 spiro atoms. The second-order valence-corrected chi connectivity index (χ2v) is 3.87. The molecule has 0 amide bonds. The minimum atomic E-state index is -5.97. The maximum atomic E-state index is 11.6. The predicted octanol–water partition coefficient (Wildman–Crippen LogP) is 4.56. The SMILES string of the molecule is FC(F)(Cl)Cl.FC1(F)C(F)(F)C(F)(F)C1(F)F. The Bertz CT molecular complexity index is 222. The first-order valence-electron chi connectivity index (χ1n) is 3.27.